The van der Waals surface area contributed by atoms with Crippen molar-refractivity contribution in [2.45, 2.75) is 13.0 Å². The minimum absolute atomic E-state index is 0.138. The lowest BCUT2D eigenvalue weighted by Gasteiger charge is -2.13. The largest absolute Gasteiger partial charge is 0.477 e. The molecule has 0 aromatic heterocycles. The topological polar surface area (TPSA) is 110 Å². The zero-order valence-electron chi connectivity index (χ0n) is 10.5. The Balaban J connectivity index is 2.99. The maximum absolute atomic E-state index is 11.0. The number of rotatable bonds is 6. The second kappa shape index (κ2) is 6.28. The molecule has 19 heavy (non-hydrogen) atoms. The molecular formula is C11H14N2O5S. The number of aromatic carboxylic acids is 1. The Morgan fingerprint density at radius 1 is 1.58 bits per heavy atom. The van der Waals surface area contributed by atoms with Gasteiger partial charge < -0.3 is 10.4 Å². The van der Waals surface area contributed by atoms with Crippen LogP contribution in [0, 0.1) is 10.1 Å². The van der Waals surface area contributed by atoms with E-state index in [1.807, 2.05) is 0 Å². The molecule has 0 bridgehead atoms. The average Bonchev–Trinajstić information content (AvgIpc) is 2.27. The van der Waals surface area contributed by atoms with Crippen LogP contribution in [0.2, 0.25) is 0 Å². The molecular weight excluding hydrogens is 272 g/mol. The third-order valence-electron chi connectivity index (χ3n) is 2.32. The van der Waals surface area contributed by atoms with Crippen molar-refractivity contribution in [1.29, 1.82) is 0 Å². The van der Waals surface area contributed by atoms with Crippen molar-refractivity contribution >= 4 is 28.1 Å². The highest BCUT2D eigenvalue weighted by Crippen LogP contribution is 2.23. The molecule has 0 aliphatic rings. The number of nitrogens with one attached hydrogen (secondary N) is 1. The van der Waals surface area contributed by atoms with Gasteiger partial charge in [0.2, 0.25) is 0 Å². The Morgan fingerprint density at radius 2 is 2.21 bits per heavy atom. The summed E-state index contributed by atoms with van der Waals surface area (Å²) in [4.78, 5) is 20.9. The molecule has 0 aliphatic carbocycles. The highest BCUT2D eigenvalue weighted by atomic mass is 32.2. The smallest absolute Gasteiger partial charge is 0.342 e. The summed E-state index contributed by atoms with van der Waals surface area (Å²) < 4.78 is 11.0. The molecule has 0 fully saturated rings. The van der Waals surface area contributed by atoms with Crippen LogP contribution in [0.1, 0.15) is 17.3 Å². The van der Waals surface area contributed by atoms with Gasteiger partial charge in [0.25, 0.3) is 5.69 Å². The number of nitro benzene ring substituents is 1. The van der Waals surface area contributed by atoms with E-state index in [1.165, 1.54) is 18.2 Å². The van der Waals surface area contributed by atoms with Crippen LogP contribution in [0.3, 0.4) is 0 Å². The Labute approximate surface area is 112 Å². The van der Waals surface area contributed by atoms with E-state index in [0.29, 0.717) is 11.4 Å². The van der Waals surface area contributed by atoms with E-state index in [4.69, 9.17) is 5.11 Å². The molecule has 7 nitrogen and oxygen atoms in total. The molecule has 0 spiro atoms. The normalized spacial score (nSPS) is 13.6. The Bertz CT molecular complexity index is 532. The molecule has 1 aromatic carbocycles. The van der Waals surface area contributed by atoms with Crippen molar-refractivity contribution in [3.05, 3.63) is 33.9 Å². The van der Waals surface area contributed by atoms with Gasteiger partial charge in [-0.25, -0.2) is 4.79 Å². The lowest BCUT2D eigenvalue weighted by molar-refractivity contribution is -0.385. The number of benzene rings is 1. The monoisotopic (exact) mass is 286 g/mol. The molecule has 8 heteroatoms. The zero-order chi connectivity index (χ0) is 14.6. The molecule has 104 valence electrons. The van der Waals surface area contributed by atoms with E-state index in [1.54, 1.807) is 13.2 Å². The van der Waals surface area contributed by atoms with Gasteiger partial charge in [0.15, 0.2) is 0 Å². The second-order valence-electron chi connectivity index (χ2n) is 4.08. The fourth-order valence-electron chi connectivity index (χ4n) is 1.63. The molecule has 2 atom stereocenters. The summed E-state index contributed by atoms with van der Waals surface area (Å²) in [6.45, 7) is 1.79. The van der Waals surface area contributed by atoms with Gasteiger partial charge in [0.05, 0.1) is 4.92 Å². The average molecular weight is 286 g/mol. The minimum Gasteiger partial charge on any atom is -0.477 e. The van der Waals surface area contributed by atoms with Gasteiger partial charge >= 0.3 is 5.97 Å². The molecule has 0 aliphatic heterocycles. The van der Waals surface area contributed by atoms with Crippen LogP contribution in [0.15, 0.2) is 18.2 Å². The van der Waals surface area contributed by atoms with Gasteiger partial charge in [-0.05, 0) is 19.1 Å². The molecule has 0 radical (unpaired) electrons. The van der Waals surface area contributed by atoms with E-state index >= 15 is 0 Å². The van der Waals surface area contributed by atoms with Crippen molar-refractivity contribution in [2.75, 3.05) is 17.3 Å². The third kappa shape index (κ3) is 4.32. The molecule has 0 saturated heterocycles. The molecule has 0 saturated carbocycles. The Kier molecular flexibility index (Phi) is 4.99. The summed E-state index contributed by atoms with van der Waals surface area (Å²) in [6.07, 6.45) is 1.56. The van der Waals surface area contributed by atoms with Crippen molar-refractivity contribution in [3.63, 3.8) is 0 Å². The number of nitrogens with zero attached hydrogens (tertiary/aromatic N) is 1. The van der Waals surface area contributed by atoms with Gasteiger partial charge in [-0.3, -0.25) is 14.3 Å². The predicted octanol–water partition coefficient (Wildman–Crippen LogP) is 1.47. The van der Waals surface area contributed by atoms with Crippen LogP contribution in [0.25, 0.3) is 0 Å². The highest BCUT2D eigenvalue weighted by Gasteiger charge is 2.20. The SMILES string of the molecule is CC(CS(C)=O)Nc1ccc(C(=O)O)c([N+](=O)[O-])c1. The maximum atomic E-state index is 11.0. The van der Waals surface area contributed by atoms with E-state index in [2.05, 4.69) is 5.32 Å². The molecule has 0 amide bonds. The zero-order valence-corrected chi connectivity index (χ0v) is 11.3. The summed E-state index contributed by atoms with van der Waals surface area (Å²) in [5.41, 5.74) is -0.403. The summed E-state index contributed by atoms with van der Waals surface area (Å²) in [5.74, 6) is -0.949. The van der Waals surface area contributed by atoms with Crippen LogP contribution in [-0.4, -0.2) is 38.3 Å². The lowest BCUT2D eigenvalue weighted by Crippen LogP contribution is -2.22. The number of carbonyl (C=O) groups is 1. The highest BCUT2D eigenvalue weighted by molar-refractivity contribution is 7.84. The first-order chi connectivity index (χ1) is 8.81. The van der Waals surface area contributed by atoms with Crippen LogP contribution >= 0.6 is 0 Å². The molecule has 0 heterocycles. The van der Waals surface area contributed by atoms with Crippen LogP contribution in [-0.2, 0) is 10.8 Å². The first-order valence-corrected chi connectivity index (χ1v) is 7.12. The van der Waals surface area contributed by atoms with Gasteiger partial charge in [0, 0.05) is 40.6 Å². The Hall–Kier alpha value is -1.96. The van der Waals surface area contributed by atoms with Crippen LogP contribution in [0.4, 0.5) is 11.4 Å². The number of anilines is 1. The fourth-order valence-corrected chi connectivity index (χ4v) is 2.42. The predicted molar refractivity (Wildman–Crippen MR) is 72.1 cm³/mol. The second-order valence-corrected chi connectivity index (χ2v) is 5.56. The maximum Gasteiger partial charge on any atom is 0.342 e. The number of hydrogen-bond donors (Lipinski definition) is 2. The van der Waals surface area contributed by atoms with Crippen LogP contribution < -0.4 is 5.32 Å². The molecule has 2 unspecified atom stereocenters. The first-order valence-electron chi connectivity index (χ1n) is 5.39. The number of nitro groups is 1. The van der Waals surface area contributed by atoms with Crippen LogP contribution in [0.5, 0.6) is 0 Å². The number of carboxylic acids is 1. The van der Waals surface area contributed by atoms with Gasteiger partial charge in [-0.15, -0.1) is 0 Å². The van der Waals surface area contributed by atoms with E-state index < -0.39 is 27.4 Å². The van der Waals surface area contributed by atoms with Gasteiger partial charge in [-0.2, -0.15) is 0 Å². The van der Waals surface area contributed by atoms with E-state index in [0.717, 1.165) is 0 Å². The summed E-state index contributed by atoms with van der Waals surface area (Å²) in [7, 11) is -0.986. The third-order valence-corrected chi connectivity index (χ3v) is 3.29. The van der Waals surface area contributed by atoms with E-state index in [-0.39, 0.29) is 11.6 Å². The summed E-state index contributed by atoms with van der Waals surface area (Å²) >= 11 is 0. The fraction of sp³-hybridized carbons (Fsp3) is 0.364. The van der Waals surface area contributed by atoms with Crippen molar-refractivity contribution in [2.24, 2.45) is 0 Å². The molecule has 1 rings (SSSR count). The number of hydrogen-bond acceptors (Lipinski definition) is 5. The quantitative estimate of drug-likeness (QED) is 0.605. The summed E-state index contributed by atoms with van der Waals surface area (Å²) in [6, 6.07) is 3.66. The lowest BCUT2D eigenvalue weighted by atomic mass is 10.1. The first kappa shape index (κ1) is 15.1. The van der Waals surface area contributed by atoms with Gasteiger partial charge in [-0.1, -0.05) is 0 Å². The standard InChI is InChI=1S/C11H14N2O5S/c1-7(6-19(2)18)12-8-3-4-9(11(14)15)10(5-8)13(16)17/h3-5,7,12H,6H2,1-2H3,(H,14,15). The van der Waals surface area contributed by atoms with Gasteiger partial charge in [0.1, 0.15) is 5.56 Å². The summed E-state index contributed by atoms with van der Waals surface area (Å²) in [5, 5.41) is 22.6. The molecule has 2 N–H and O–H groups in total. The van der Waals surface area contributed by atoms with E-state index in [9.17, 15) is 19.1 Å². The minimum atomic E-state index is -1.35. The van der Waals surface area contributed by atoms with Crippen molar-refractivity contribution in [1.82, 2.24) is 0 Å². The van der Waals surface area contributed by atoms with Crippen molar-refractivity contribution < 1.29 is 19.0 Å². The number of carboxylic acid groups (broad SMARTS) is 1. The van der Waals surface area contributed by atoms with Crippen molar-refractivity contribution in [3.8, 4) is 0 Å². The molecule has 1 aromatic rings. The Morgan fingerprint density at radius 3 is 2.68 bits per heavy atom.